The van der Waals surface area contributed by atoms with Gasteiger partial charge in [-0.25, -0.2) is 0 Å². The zero-order valence-corrected chi connectivity index (χ0v) is 14.2. The highest BCUT2D eigenvalue weighted by Crippen LogP contribution is 2.23. The van der Waals surface area contributed by atoms with E-state index in [1.54, 1.807) is 6.33 Å². The van der Waals surface area contributed by atoms with Crippen LogP contribution in [0.25, 0.3) is 0 Å². The monoisotopic (exact) mass is 318 g/mol. The smallest absolute Gasteiger partial charge is 0.233 e. The summed E-state index contributed by atoms with van der Waals surface area (Å²) in [5.41, 5.74) is 1.11. The van der Waals surface area contributed by atoms with E-state index < -0.39 is 0 Å². The molecule has 118 valence electrons. The van der Waals surface area contributed by atoms with Crippen LogP contribution in [-0.4, -0.2) is 32.5 Å². The Bertz CT molecular complexity index is 624. The summed E-state index contributed by atoms with van der Waals surface area (Å²) in [6.45, 7) is 6.73. The summed E-state index contributed by atoms with van der Waals surface area (Å²) in [6, 6.07) is 10.2. The molecule has 0 saturated carbocycles. The van der Waals surface area contributed by atoms with Gasteiger partial charge < -0.3 is 9.88 Å². The number of rotatable bonds is 6. The SMILES string of the molecule is C[C@@H](Sc1nncn1C)C(=O)NCC(C)(C)c1ccccc1. The average Bonchev–Trinajstić information content (AvgIpc) is 2.91. The molecule has 1 amide bonds. The average molecular weight is 318 g/mol. The van der Waals surface area contributed by atoms with E-state index in [0.29, 0.717) is 6.54 Å². The molecule has 22 heavy (non-hydrogen) atoms. The number of benzene rings is 1. The van der Waals surface area contributed by atoms with E-state index in [2.05, 4.69) is 41.5 Å². The second-order valence-corrected chi connectivity index (χ2v) is 7.26. The van der Waals surface area contributed by atoms with Crippen molar-refractivity contribution in [2.45, 2.75) is 36.6 Å². The number of hydrogen-bond donors (Lipinski definition) is 1. The topological polar surface area (TPSA) is 59.8 Å². The van der Waals surface area contributed by atoms with Crippen LogP contribution in [0.3, 0.4) is 0 Å². The fraction of sp³-hybridized carbons (Fsp3) is 0.438. The van der Waals surface area contributed by atoms with Crippen molar-refractivity contribution in [1.29, 1.82) is 0 Å². The highest BCUT2D eigenvalue weighted by Gasteiger charge is 2.23. The van der Waals surface area contributed by atoms with Gasteiger partial charge in [0.2, 0.25) is 5.91 Å². The minimum absolute atomic E-state index is 0.0111. The van der Waals surface area contributed by atoms with Crippen molar-refractivity contribution in [2.75, 3.05) is 6.54 Å². The normalized spacial score (nSPS) is 12.9. The lowest BCUT2D eigenvalue weighted by Crippen LogP contribution is -2.40. The maximum absolute atomic E-state index is 12.3. The van der Waals surface area contributed by atoms with E-state index in [1.165, 1.54) is 17.3 Å². The molecule has 0 unspecified atom stereocenters. The Balaban J connectivity index is 1.90. The number of nitrogens with zero attached hydrogens (tertiary/aromatic N) is 3. The largest absolute Gasteiger partial charge is 0.354 e. The molecule has 1 atom stereocenters. The molecule has 1 N–H and O–H groups in total. The number of carbonyl (C=O) groups is 1. The van der Waals surface area contributed by atoms with Crippen LogP contribution in [-0.2, 0) is 17.3 Å². The first-order chi connectivity index (χ1) is 10.4. The van der Waals surface area contributed by atoms with Crippen molar-refractivity contribution in [1.82, 2.24) is 20.1 Å². The molecule has 1 heterocycles. The molecule has 0 saturated heterocycles. The minimum atomic E-state index is -0.213. The fourth-order valence-corrected chi connectivity index (χ4v) is 2.85. The molecule has 0 fully saturated rings. The van der Waals surface area contributed by atoms with Crippen LogP contribution in [0.5, 0.6) is 0 Å². The van der Waals surface area contributed by atoms with Crippen molar-refractivity contribution in [3.05, 3.63) is 42.2 Å². The third-order valence-electron chi connectivity index (χ3n) is 3.58. The number of thioether (sulfide) groups is 1. The van der Waals surface area contributed by atoms with E-state index >= 15 is 0 Å². The molecule has 1 aromatic heterocycles. The zero-order chi connectivity index (χ0) is 16.2. The van der Waals surface area contributed by atoms with Gasteiger partial charge in [-0.2, -0.15) is 0 Å². The molecule has 1 aromatic carbocycles. The van der Waals surface area contributed by atoms with Crippen LogP contribution >= 0.6 is 11.8 Å². The van der Waals surface area contributed by atoms with Crippen LogP contribution < -0.4 is 5.32 Å². The second kappa shape index (κ2) is 6.96. The van der Waals surface area contributed by atoms with Crippen LogP contribution in [0.4, 0.5) is 0 Å². The second-order valence-electron chi connectivity index (χ2n) is 5.95. The summed E-state index contributed by atoms with van der Waals surface area (Å²) in [5, 5.41) is 11.4. The molecule has 2 aromatic rings. The quantitative estimate of drug-likeness (QED) is 0.831. The van der Waals surface area contributed by atoms with E-state index in [9.17, 15) is 4.79 Å². The number of amides is 1. The van der Waals surface area contributed by atoms with Crippen molar-refractivity contribution < 1.29 is 4.79 Å². The maximum atomic E-state index is 12.3. The number of nitrogens with one attached hydrogen (secondary N) is 1. The van der Waals surface area contributed by atoms with Crippen LogP contribution in [0.15, 0.2) is 41.8 Å². The third-order valence-corrected chi connectivity index (χ3v) is 4.73. The molecule has 5 nitrogen and oxygen atoms in total. The summed E-state index contributed by atoms with van der Waals surface area (Å²) in [4.78, 5) is 12.3. The molecule has 2 rings (SSSR count). The molecular formula is C16H22N4OS. The summed E-state index contributed by atoms with van der Waals surface area (Å²) in [5.74, 6) is 0.0111. The first-order valence-corrected chi connectivity index (χ1v) is 8.12. The number of hydrogen-bond acceptors (Lipinski definition) is 4. The lowest BCUT2D eigenvalue weighted by Gasteiger charge is -2.26. The summed E-state index contributed by atoms with van der Waals surface area (Å²) in [6.07, 6.45) is 1.63. The Kier molecular flexibility index (Phi) is 5.24. The van der Waals surface area contributed by atoms with Crippen molar-refractivity contribution in [3.8, 4) is 0 Å². The lowest BCUT2D eigenvalue weighted by molar-refractivity contribution is -0.120. The molecule has 0 aliphatic heterocycles. The number of carbonyl (C=O) groups excluding carboxylic acids is 1. The maximum Gasteiger partial charge on any atom is 0.233 e. The Labute approximate surface area is 135 Å². The van der Waals surface area contributed by atoms with Gasteiger partial charge in [0.15, 0.2) is 5.16 Å². The summed E-state index contributed by atoms with van der Waals surface area (Å²) >= 11 is 1.41. The van der Waals surface area contributed by atoms with Crippen molar-refractivity contribution in [3.63, 3.8) is 0 Å². The Morgan fingerprint density at radius 1 is 1.36 bits per heavy atom. The zero-order valence-electron chi connectivity index (χ0n) is 13.4. The molecule has 6 heteroatoms. The minimum Gasteiger partial charge on any atom is -0.354 e. The third kappa shape index (κ3) is 4.10. The van der Waals surface area contributed by atoms with Gasteiger partial charge in [-0.3, -0.25) is 4.79 Å². The van der Waals surface area contributed by atoms with Crippen molar-refractivity contribution >= 4 is 17.7 Å². The standard InChI is InChI=1S/C16H22N4OS/c1-12(22-15-19-18-11-20(15)4)14(21)17-10-16(2,3)13-8-6-5-7-9-13/h5-9,11-12H,10H2,1-4H3,(H,17,21)/t12-/m1/s1. The number of aryl methyl sites for hydroxylation is 1. The lowest BCUT2D eigenvalue weighted by atomic mass is 9.84. The highest BCUT2D eigenvalue weighted by molar-refractivity contribution is 8.00. The first-order valence-electron chi connectivity index (χ1n) is 7.24. The van der Waals surface area contributed by atoms with Gasteiger partial charge in [0.05, 0.1) is 5.25 Å². The van der Waals surface area contributed by atoms with Crippen LogP contribution in [0, 0.1) is 0 Å². The van der Waals surface area contributed by atoms with Gasteiger partial charge in [-0.05, 0) is 12.5 Å². The Hall–Kier alpha value is -1.82. The highest BCUT2D eigenvalue weighted by atomic mass is 32.2. The fourth-order valence-electron chi connectivity index (χ4n) is 2.03. The Morgan fingerprint density at radius 3 is 2.64 bits per heavy atom. The van der Waals surface area contributed by atoms with Crippen molar-refractivity contribution in [2.24, 2.45) is 7.05 Å². The van der Waals surface area contributed by atoms with Gasteiger partial charge in [0, 0.05) is 19.0 Å². The van der Waals surface area contributed by atoms with Gasteiger partial charge in [-0.1, -0.05) is 55.9 Å². The van der Waals surface area contributed by atoms with E-state index in [-0.39, 0.29) is 16.6 Å². The molecule has 0 aliphatic rings. The molecular weight excluding hydrogens is 296 g/mol. The van der Waals surface area contributed by atoms with Gasteiger partial charge in [-0.15, -0.1) is 10.2 Å². The summed E-state index contributed by atoms with van der Waals surface area (Å²) in [7, 11) is 1.87. The van der Waals surface area contributed by atoms with E-state index in [4.69, 9.17) is 0 Å². The Morgan fingerprint density at radius 2 is 2.05 bits per heavy atom. The van der Waals surface area contributed by atoms with E-state index in [1.807, 2.05) is 36.7 Å². The predicted molar refractivity (Wildman–Crippen MR) is 88.8 cm³/mol. The first kappa shape index (κ1) is 16.5. The molecule has 0 radical (unpaired) electrons. The van der Waals surface area contributed by atoms with E-state index in [0.717, 1.165) is 5.16 Å². The molecule has 0 spiro atoms. The van der Waals surface area contributed by atoms with Gasteiger partial charge in [0.25, 0.3) is 0 Å². The van der Waals surface area contributed by atoms with Gasteiger partial charge in [0.1, 0.15) is 6.33 Å². The van der Waals surface area contributed by atoms with Crippen LogP contribution in [0.1, 0.15) is 26.3 Å². The molecule has 0 aliphatic carbocycles. The predicted octanol–water partition coefficient (Wildman–Crippen LogP) is 2.39. The van der Waals surface area contributed by atoms with Gasteiger partial charge >= 0.3 is 0 Å². The van der Waals surface area contributed by atoms with Crippen LogP contribution in [0.2, 0.25) is 0 Å². The molecule has 0 bridgehead atoms. The number of aromatic nitrogens is 3. The summed E-state index contributed by atoms with van der Waals surface area (Å²) < 4.78 is 1.81.